The van der Waals surface area contributed by atoms with E-state index in [9.17, 15) is 13.2 Å². The van der Waals surface area contributed by atoms with Crippen molar-refractivity contribution in [3.8, 4) is 11.1 Å². The number of halogens is 3. The van der Waals surface area contributed by atoms with Crippen LogP contribution in [0.25, 0.3) is 11.1 Å². The van der Waals surface area contributed by atoms with Crippen molar-refractivity contribution in [2.45, 2.75) is 88.6 Å². The largest absolute Gasteiger partial charge is 0.398 e. The van der Waals surface area contributed by atoms with Gasteiger partial charge in [-0.15, -0.1) is 0 Å². The van der Waals surface area contributed by atoms with Crippen LogP contribution in [0, 0.1) is 6.92 Å². The standard InChI is InChI=1S/C30H41F3N/c1-22-12-14-24-25-15-13-23(21-27(25)29(26(24)20-22)17-9-6-10-18-29)28(2,30(31,32)33)16-8-7-11-19-34(3,4)5/h12-15,20-21H,6-11,16-19H2,1-5H3/q+1. The summed E-state index contributed by atoms with van der Waals surface area (Å²) >= 11 is 0. The quantitative estimate of drug-likeness (QED) is 0.281. The number of aryl methyl sites for hydroxylation is 1. The molecule has 0 aliphatic heterocycles. The second-order valence-electron chi connectivity index (χ2n) is 12.1. The molecule has 1 atom stereocenters. The van der Waals surface area contributed by atoms with E-state index in [2.05, 4.69) is 46.3 Å². The zero-order valence-corrected chi connectivity index (χ0v) is 21.6. The SMILES string of the molecule is Cc1ccc2c(c1)C1(CCCCC1)c1cc(C(C)(CCCCC[N+](C)(C)C)C(F)(F)F)ccc1-2. The van der Waals surface area contributed by atoms with Gasteiger partial charge in [0.05, 0.1) is 33.1 Å². The van der Waals surface area contributed by atoms with Crippen molar-refractivity contribution >= 4 is 0 Å². The molecule has 0 bridgehead atoms. The van der Waals surface area contributed by atoms with E-state index in [-0.39, 0.29) is 11.8 Å². The maximum atomic E-state index is 14.6. The van der Waals surface area contributed by atoms with Crippen LogP contribution in [-0.4, -0.2) is 38.3 Å². The predicted molar refractivity (Wildman–Crippen MR) is 135 cm³/mol. The molecule has 2 aromatic carbocycles. The van der Waals surface area contributed by atoms with Gasteiger partial charge in [0.1, 0.15) is 0 Å². The lowest BCUT2D eigenvalue weighted by molar-refractivity contribution is -0.870. The van der Waals surface area contributed by atoms with Crippen LogP contribution in [0.2, 0.25) is 0 Å². The maximum Gasteiger partial charge on any atom is 0.398 e. The molecule has 0 saturated heterocycles. The van der Waals surface area contributed by atoms with E-state index in [0.717, 1.165) is 60.7 Å². The number of fused-ring (bicyclic) bond motifs is 5. The van der Waals surface area contributed by atoms with Crippen molar-refractivity contribution in [2.75, 3.05) is 27.7 Å². The summed E-state index contributed by atoms with van der Waals surface area (Å²) in [5.74, 6) is 0. The highest BCUT2D eigenvalue weighted by Crippen LogP contribution is 2.57. The monoisotopic (exact) mass is 472 g/mol. The summed E-state index contributed by atoms with van der Waals surface area (Å²) in [7, 11) is 6.39. The second-order valence-corrected chi connectivity index (χ2v) is 12.1. The van der Waals surface area contributed by atoms with Gasteiger partial charge >= 0.3 is 6.18 Å². The summed E-state index contributed by atoms with van der Waals surface area (Å²) in [5.41, 5.74) is 4.59. The molecule has 2 aliphatic rings. The lowest BCUT2D eigenvalue weighted by atomic mass is 9.66. The fraction of sp³-hybridized carbons (Fsp3) is 0.600. The number of rotatable bonds is 7. The first-order valence-electron chi connectivity index (χ1n) is 13.0. The van der Waals surface area contributed by atoms with E-state index in [1.165, 1.54) is 30.0 Å². The van der Waals surface area contributed by atoms with Crippen molar-refractivity contribution in [1.29, 1.82) is 0 Å². The Morgan fingerprint density at radius 2 is 1.44 bits per heavy atom. The van der Waals surface area contributed by atoms with Gasteiger partial charge in [-0.25, -0.2) is 0 Å². The van der Waals surface area contributed by atoms with E-state index >= 15 is 0 Å². The molecule has 1 spiro atoms. The molecular weight excluding hydrogens is 431 g/mol. The van der Waals surface area contributed by atoms with Crippen LogP contribution in [0.1, 0.15) is 87.0 Å². The molecule has 2 aromatic rings. The molecular formula is C30H41F3N+. The van der Waals surface area contributed by atoms with Gasteiger partial charge in [-0.2, -0.15) is 13.2 Å². The zero-order chi connectivity index (χ0) is 24.8. The van der Waals surface area contributed by atoms with Gasteiger partial charge < -0.3 is 4.48 Å². The number of hydrogen-bond donors (Lipinski definition) is 0. The average molecular weight is 473 g/mol. The molecule has 0 aromatic heterocycles. The number of alkyl halides is 3. The number of quaternary nitrogens is 1. The molecule has 4 rings (SSSR count). The number of unbranched alkanes of at least 4 members (excludes halogenated alkanes) is 2. The molecule has 34 heavy (non-hydrogen) atoms. The van der Waals surface area contributed by atoms with Gasteiger partial charge in [-0.1, -0.05) is 67.6 Å². The van der Waals surface area contributed by atoms with E-state index in [0.29, 0.717) is 12.0 Å². The molecule has 0 N–H and O–H groups in total. The third-order valence-electron chi connectivity index (χ3n) is 8.49. The van der Waals surface area contributed by atoms with Gasteiger partial charge in [0.2, 0.25) is 0 Å². The Balaban J connectivity index is 1.69. The molecule has 1 fully saturated rings. The second kappa shape index (κ2) is 9.00. The van der Waals surface area contributed by atoms with Crippen molar-refractivity contribution < 1.29 is 17.7 Å². The summed E-state index contributed by atoms with van der Waals surface area (Å²) in [4.78, 5) is 0. The highest BCUT2D eigenvalue weighted by Gasteiger charge is 2.53. The molecule has 1 nitrogen and oxygen atoms in total. The lowest BCUT2D eigenvalue weighted by Crippen LogP contribution is -2.40. The molecule has 186 valence electrons. The molecule has 2 aliphatic carbocycles. The van der Waals surface area contributed by atoms with Crippen LogP contribution in [0.3, 0.4) is 0 Å². The highest BCUT2D eigenvalue weighted by molar-refractivity contribution is 5.82. The molecule has 1 saturated carbocycles. The van der Waals surface area contributed by atoms with E-state index < -0.39 is 11.6 Å². The normalized spacial score (nSPS) is 19.1. The highest BCUT2D eigenvalue weighted by atomic mass is 19.4. The minimum Gasteiger partial charge on any atom is -0.331 e. The fourth-order valence-corrected chi connectivity index (χ4v) is 6.34. The van der Waals surface area contributed by atoms with Crippen molar-refractivity contribution in [3.05, 3.63) is 58.7 Å². The minimum atomic E-state index is -4.27. The Hall–Kier alpha value is -1.81. The van der Waals surface area contributed by atoms with Crippen molar-refractivity contribution in [3.63, 3.8) is 0 Å². The van der Waals surface area contributed by atoms with Crippen LogP contribution >= 0.6 is 0 Å². The predicted octanol–water partition coefficient (Wildman–Crippen LogP) is 8.31. The van der Waals surface area contributed by atoms with E-state index in [4.69, 9.17) is 0 Å². The Labute approximate surface area is 204 Å². The van der Waals surface area contributed by atoms with Crippen LogP contribution in [-0.2, 0) is 10.8 Å². The first kappa shape index (κ1) is 25.3. The molecule has 0 amide bonds. The zero-order valence-electron chi connectivity index (χ0n) is 21.6. The molecule has 4 heteroatoms. The van der Waals surface area contributed by atoms with Gasteiger partial charge in [-0.3, -0.25) is 0 Å². The third kappa shape index (κ3) is 4.55. The molecule has 1 unspecified atom stereocenters. The Bertz CT molecular complexity index is 1020. The van der Waals surface area contributed by atoms with Gasteiger partial charge in [0, 0.05) is 5.41 Å². The Kier molecular flexibility index (Phi) is 6.70. The number of benzene rings is 2. The van der Waals surface area contributed by atoms with Crippen molar-refractivity contribution in [1.82, 2.24) is 0 Å². The van der Waals surface area contributed by atoms with Crippen LogP contribution < -0.4 is 0 Å². The van der Waals surface area contributed by atoms with Crippen molar-refractivity contribution in [2.24, 2.45) is 0 Å². The van der Waals surface area contributed by atoms with Gasteiger partial charge in [0.15, 0.2) is 0 Å². The fourth-order valence-electron chi connectivity index (χ4n) is 6.34. The first-order chi connectivity index (χ1) is 15.9. The summed E-state index contributed by atoms with van der Waals surface area (Å²) in [6.45, 7) is 4.53. The molecule has 0 radical (unpaired) electrons. The summed E-state index contributed by atoms with van der Waals surface area (Å²) < 4.78 is 44.6. The Morgan fingerprint density at radius 1 is 0.824 bits per heavy atom. The first-order valence-corrected chi connectivity index (χ1v) is 13.0. The molecule has 0 heterocycles. The minimum absolute atomic E-state index is 0.123. The summed E-state index contributed by atoms with van der Waals surface area (Å²) in [5, 5.41) is 0. The smallest absolute Gasteiger partial charge is 0.331 e. The summed E-state index contributed by atoms with van der Waals surface area (Å²) in [6, 6.07) is 12.3. The Morgan fingerprint density at radius 3 is 2.06 bits per heavy atom. The van der Waals surface area contributed by atoms with E-state index in [1.54, 1.807) is 6.07 Å². The maximum absolute atomic E-state index is 14.6. The van der Waals surface area contributed by atoms with Gasteiger partial charge in [0.25, 0.3) is 0 Å². The third-order valence-corrected chi connectivity index (χ3v) is 8.49. The topological polar surface area (TPSA) is 0 Å². The average Bonchev–Trinajstić information content (AvgIpc) is 3.01. The number of hydrogen-bond acceptors (Lipinski definition) is 0. The summed E-state index contributed by atoms with van der Waals surface area (Å²) in [6.07, 6.45) is 3.82. The van der Waals surface area contributed by atoms with Crippen LogP contribution in [0.4, 0.5) is 13.2 Å². The lowest BCUT2D eigenvalue weighted by Gasteiger charge is -2.38. The van der Waals surface area contributed by atoms with Crippen LogP contribution in [0.5, 0.6) is 0 Å². The van der Waals surface area contributed by atoms with E-state index in [1.807, 2.05) is 12.1 Å². The van der Waals surface area contributed by atoms with Crippen LogP contribution in [0.15, 0.2) is 36.4 Å². The van der Waals surface area contributed by atoms with Gasteiger partial charge in [-0.05, 0) is 73.8 Å². The number of nitrogens with zero attached hydrogens (tertiary/aromatic N) is 1.